The van der Waals surface area contributed by atoms with E-state index in [-0.39, 0.29) is 11.7 Å². The van der Waals surface area contributed by atoms with E-state index in [4.69, 9.17) is 0 Å². The van der Waals surface area contributed by atoms with Crippen molar-refractivity contribution >= 4 is 17.7 Å². The van der Waals surface area contributed by atoms with E-state index in [0.717, 1.165) is 35.9 Å². The van der Waals surface area contributed by atoms with Crippen LogP contribution in [-0.2, 0) is 7.05 Å². The molecule has 9 heteroatoms. The van der Waals surface area contributed by atoms with Crippen molar-refractivity contribution in [3.63, 3.8) is 0 Å². The van der Waals surface area contributed by atoms with E-state index in [2.05, 4.69) is 9.72 Å². The summed E-state index contributed by atoms with van der Waals surface area (Å²) >= 11 is 1.71. The molecule has 1 saturated heterocycles. The monoisotopic (exact) mass is 399 g/mol. The van der Waals surface area contributed by atoms with E-state index < -0.39 is 6.36 Å². The fourth-order valence-corrected chi connectivity index (χ4v) is 4.09. The molecule has 146 valence electrons. The van der Waals surface area contributed by atoms with E-state index in [1.165, 1.54) is 12.1 Å². The number of benzene rings is 1. The van der Waals surface area contributed by atoms with E-state index in [0.29, 0.717) is 24.6 Å². The topological polar surface area (TPSA) is 47.4 Å². The summed E-state index contributed by atoms with van der Waals surface area (Å²) in [5.74, 6) is 0.974. The lowest BCUT2D eigenvalue weighted by molar-refractivity contribution is -0.274. The fraction of sp³-hybridized carbons (Fsp3) is 0.444. The highest BCUT2D eigenvalue weighted by Gasteiger charge is 2.31. The Morgan fingerprint density at radius 3 is 2.48 bits per heavy atom. The summed E-state index contributed by atoms with van der Waals surface area (Å²) in [4.78, 5) is 18.6. The summed E-state index contributed by atoms with van der Waals surface area (Å²) in [6.45, 7) is 1.29. The molecule has 0 bridgehead atoms. The average molecular weight is 399 g/mol. The second kappa shape index (κ2) is 8.24. The van der Waals surface area contributed by atoms with Gasteiger partial charge in [-0.2, -0.15) is 0 Å². The van der Waals surface area contributed by atoms with Gasteiger partial charge in [0.15, 0.2) is 5.16 Å². The van der Waals surface area contributed by atoms with Gasteiger partial charge in [-0.25, -0.2) is 4.98 Å². The number of piperidine rings is 1. The number of hydrogen-bond donors (Lipinski definition) is 0. The number of likely N-dealkylation sites (tertiary alicyclic amines) is 1. The summed E-state index contributed by atoms with van der Waals surface area (Å²) in [7, 11) is 1.96. The quantitative estimate of drug-likeness (QED) is 0.714. The zero-order valence-electron chi connectivity index (χ0n) is 14.8. The zero-order chi connectivity index (χ0) is 19.4. The number of aryl methyl sites for hydroxylation is 1. The number of amides is 1. The van der Waals surface area contributed by atoms with Crippen molar-refractivity contribution in [1.82, 2.24) is 14.5 Å². The first-order valence-electron chi connectivity index (χ1n) is 8.57. The van der Waals surface area contributed by atoms with Gasteiger partial charge in [0.05, 0.1) is 0 Å². The highest BCUT2D eigenvalue weighted by molar-refractivity contribution is 7.99. The van der Waals surface area contributed by atoms with Crippen molar-refractivity contribution in [3.05, 3.63) is 42.2 Å². The third kappa shape index (κ3) is 5.41. The lowest BCUT2D eigenvalue weighted by atomic mass is 9.98. The molecular weight excluding hydrogens is 379 g/mol. The lowest BCUT2D eigenvalue weighted by Gasteiger charge is -2.32. The third-order valence-corrected chi connectivity index (χ3v) is 5.75. The van der Waals surface area contributed by atoms with Crippen LogP contribution in [0.15, 0.2) is 41.8 Å². The number of nitrogens with zero attached hydrogens (tertiary/aromatic N) is 3. The van der Waals surface area contributed by atoms with Gasteiger partial charge in [0.2, 0.25) is 0 Å². The molecule has 0 radical (unpaired) electrons. The van der Waals surface area contributed by atoms with Crippen LogP contribution in [0, 0.1) is 5.92 Å². The highest BCUT2D eigenvalue weighted by atomic mass is 32.2. The molecule has 1 aromatic carbocycles. The van der Waals surface area contributed by atoms with Gasteiger partial charge in [-0.15, -0.1) is 13.2 Å². The van der Waals surface area contributed by atoms with Crippen molar-refractivity contribution in [2.75, 3.05) is 18.8 Å². The minimum atomic E-state index is -4.74. The molecule has 1 amide bonds. The second-order valence-corrected chi connectivity index (χ2v) is 7.43. The van der Waals surface area contributed by atoms with Gasteiger partial charge in [0, 0.05) is 43.8 Å². The molecule has 3 rings (SSSR count). The van der Waals surface area contributed by atoms with Gasteiger partial charge >= 0.3 is 6.36 Å². The number of carbonyl (C=O) groups is 1. The van der Waals surface area contributed by atoms with Gasteiger partial charge in [0.25, 0.3) is 5.91 Å². The first-order chi connectivity index (χ1) is 12.8. The van der Waals surface area contributed by atoms with Crippen molar-refractivity contribution < 1.29 is 22.7 Å². The zero-order valence-corrected chi connectivity index (χ0v) is 15.6. The van der Waals surface area contributed by atoms with E-state index in [1.54, 1.807) is 22.9 Å². The minimum absolute atomic E-state index is 0.163. The molecule has 0 atom stereocenters. The van der Waals surface area contributed by atoms with Gasteiger partial charge in [-0.05, 0) is 43.0 Å². The number of ether oxygens (including phenoxy) is 1. The SMILES string of the molecule is Cn1ccnc1SCC1CCN(C(=O)c2ccc(OC(F)(F)F)cc2)CC1. The van der Waals surface area contributed by atoms with E-state index in [1.807, 2.05) is 17.8 Å². The van der Waals surface area contributed by atoms with Crippen molar-refractivity contribution in [3.8, 4) is 5.75 Å². The molecule has 27 heavy (non-hydrogen) atoms. The average Bonchev–Trinajstić information content (AvgIpc) is 3.04. The Hall–Kier alpha value is -2.16. The Morgan fingerprint density at radius 2 is 1.93 bits per heavy atom. The fourth-order valence-electron chi connectivity index (χ4n) is 2.97. The molecule has 0 spiro atoms. The molecule has 1 aromatic heterocycles. The molecule has 0 saturated carbocycles. The molecule has 2 heterocycles. The summed E-state index contributed by atoms with van der Waals surface area (Å²) in [6.07, 6.45) is 0.750. The second-order valence-electron chi connectivity index (χ2n) is 6.44. The Labute approximate surface area is 159 Å². The van der Waals surface area contributed by atoms with Crippen LogP contribution in [0.1, 0.15) is 23.2 Å². The minimum Gasteiger partial charge on any atom is -0.406 e. The third-order valence-electron chi connectivity index (χ3n) is 4.46. The molecule has 0 aliphatic carbocycles. The van der Waals surface area contributed by atoms with Crippen LogP contribution in [0.2, 0.25) is 0 Å². The maximum Gasteiger partial charge on any atom is 0.573 e. The number of halogens is 3. The summed E-state index contributed by atoms with van der Waals surface area (Å²) < 4.78 is 42.4. The van der Waals surface area contributed by atoms with Crippen LogP contribution in [0.3, 0.4) is 0 Å². The van der Waals surface area contributed by atoms with Crippen molar-refractivity contribution in [2.45, 2.75) is 24.4 Å². The Kier molecular flexibility index (Phi) is 5.98. The Morgan fingerprint density at radius 1 is 1.26 bits per heavy atom. The molecule has 5 nitrogen and oxygen atoms in total. The van der Waals surface area contributed by atoms with Crippen LogP contribution in [0.25, 0.3) is 0 Å². The predicted octanol–water partition coefficient (Wildman–Crippen LogP) is 3.96. The van der Waals surface area contributed by atoms with Gasteiger partial charge in [-0.1, -0.05) is 11.8 Å². The summed E-state index contributed by atoms with van der Waals surface area (Å²) in [5, 5.41) is 0.981. The standard InChI is InChI=1S/C18H20F3N3O2S/c1-23-11-8-22-17(23)27-12-13-6-9-24(10-7-13)16(25)14-2-4-15(5-3-14)26-18(19,20)21/h2-5,8,11,13H,6-7,9-10,12H2,1H3. The number of rotatable bonds is 5. The van der Waals surface area contributed by atoms with Gasteiger partial charge < -0.3 is 14.2 Å². The van der Waals surface area contributed by atoms with Gasteiger partial charge in [0.1, 0.15) is 5.75 Å². The number of thioether (sulfide) groups is 1. The summed E-state index contributed by atoms with van der Waals surface area (Å²) in [5.41, 5.74) is 0.366. The largest absolute Gasteiger partial charge is 0.573 e. The number of imidazole rings is 1. The van der Waals surface area contributed by atoms with Gasteiger partial charge in [-0.3, -0.25) is 4.79 Å². The molecule has 1 fully saturated rings. The predicted molar refractivity (Wildman–Crippen MR) is 95.7 cm³/mol. The van der Waals surface area contributed by atoms with Crippen molar-refractivity contribution in [2.24, 2.45) is 13.0 Å². The lowest BCUT2D eigenvalue weighted by Crippen LogP contribution is -2.39. The molecule has 2 aromatic rings. The number of aromatic nitrogens is 2. The van der Waals surface area contributed by atoms with Crippen LogP contribution in [-0.4, -0.2) is 45.6 Å². The molecule has 1 aliphatic heterocycles. The Bertz CT molecular complexity index is 769. The number of alkyl halides is 3. The van der Waals surface area contributed by atoms with Crippen LogP contribution >= 0.6 is 11.8 Å². The summed E-state index contributed by atoms with van der Waals surface area (Å²) in [6, 6.07) is 5.06. The van der Waals surface area contributed by atoms with Crippen LogP contribution in [0.4, 0.5) is 13.2 Å². The first kappa shape index (κ1) is 19.6. The maximum absolute atomic E-state index is 12.5. The number of carbonyl (C=O) groups excluding carboxylic acids is 1. The van der Waals surface area contributed by atoms with Crippen molar-refractivity contribution in [1.29, 1.82) is 0 Å². The molecular formula is C18H20F3N3O2S. The highest BCUT2D eigenvalue weighted by Crippen LogP contribution is 2.27. The molecule has 1 aliphatic rings. The smallest absolute Gasteiger partial charge is 0.406 e. The molecule has 0 unspecified atom stereocenters. The molecule has 0 N–H and O–H groups in total. The van der Waals surface area contributed by atoms with E-state index >= 15 is 0 Å². The normalized spacial score (nSPS) is 15.8. The first-order valence-corrected chi connectivity index (χ1v) is 9.55. The van der Waals surface area contributed by atoms with Crippen LogP contribution < -0.4 is 4.74 Å². The van der Waals surface area contributed by atoms with Crippen LogP contribution in [0.5, 0.6) is 5.75 Å². The Balaban J connectivity index is 1.48. The maximum atomic E-state index is 12.5. The number of hydrogen-bond acceptors (Lipinski definition) is 4. The van der Waals surface area contributed by atoms with E-state index in [9.17, 15) is 18.0 Å².